The molecule has 2 atom stereocenters. The molecular formula is C14H25NO3. The molecule has 1 aliphatic heterocycles. The molecule has 0 aromatic heterocycles. The van der Waals surface area contributed by atoms with Crippen molar-refractivity contribution in [3.05, 3.63) is 0 Å². The van der Waals surface area contributed by atoms with Gasteiger partial charge in [-0.15, -0.1) is 0 Å². The van der Waals surface area contributed by atoms with Gasteiger partial charge in [0.05, 0.1) is 0 Å². The summed E-state index contributed by atoms with van der Waals surface area (Å²) in [5.74, 6) is 0.706. The van der Waals surface area contributed by atoms with E-state index in [9.17, 15) is 9.59 Å². The van der Waals surface area contributed by atoms with Crippen LogP contribution in [-0.4, -0.2) is 36.0 Å². The van der Waals surface area contributed by atoms with E-state index in [0.29, 0.717) is 19.0 Å². The molecule has 104 valence electrons. The van der Waals surface area contributed by atoms with Gasteiger partial charge in [-0.05, 0) is 39.0 Å². The third-order valence-corrected chi connectivity index (χ3v) is 3.40. The van der Waals surface area contributed by atoms with Gasteiger partial charge >= 0.3 is 6.09 Å². The second-order valence-electron chi connectivity index (χ2n) is 6.42. The fourth-order valence-electron chi connectivity index (χ4n) is 2.37. The van der Waals surface area contributed by atoms with Gasteiger partial charge in [-0.25, -0.2) is 4.79 Å². The molecule has 0 radical (unpaired) electrons. The van der Waals surface area contributed by atoms with Crippen LogP contribution in [0, 0.1) is 17.8 Å². The highest BCUT2D eigenvalue weighted by Gasteiger charge is 2.34. The van der Waals surface area contributed by atoms with E-state index in [0.717, 1.165) is 12.7 Å². The van der Waals surface area contributed by atoms with Crippen LogP contribution in [0.5, 0.6) is 0 Å². The van der Waals surface area contributed by atoms with Gasteiger partial charge in [0.1, 0.15) is 11.9 Å². The second kappa shape index (κ2) is 5.72. The van der Waals surface area contributed by atoms with E-state index in [-0.39, 0.29) is 17.9 Å². The largest absolute Gasteiger partial charge is 0.444 e. The standard InChI is InChI=1S/C14H25NO3/c1-10(2)12-8-15(7-6-11(12)9-16)13(17)18-14(3,4)5/h9-12H,6-8H2,1-5H3/t11-,12-/m1/s1. The maximum atomic E-state index is 12.0. The van der Waals surface area contributed by atoms with Crippen molar-refractivity contribution < 1.29 is 14.3 Å². The van der Waals surface area contributed by atoms with Gasteiger partial charge in [0, 0.05) is 19.0 Å². The highest BCUT2D eigenvalue weighted by molar-refractivity contribution is 5.68. The van der Waals surface area contributed by atoms with Crippen molar-refractivity contribution in [2.24, 2.45) is 17.8 Å². The highest BCUT2D eigenvalue weighted by atomic mass is 16.6. The van der Waals surface area contributed by atoms with Crippen molar-refractivity contribution in [2.75, 3.05) is 13.1 Å². The van der Waals surface area contributed by atoms with Crippen molar-refractivity contribution >= 4 is 12.4 Å². The topological polar surface area (TPSA) is 46.6 Å². The summed E-state index contributed by atoms with van der Waals surface area (Å²) in [7, 11) is 0. The molecule has 0 aliphatic carbocycles. The summed E-state index contributed by atoms with van der Waals surface area (Å²) in [6.45, 7) is 11.0. The van der Waals surface area contributed by atoms with Crippen LogP contribution in [-0.2, 0) is 9.53 Å². The molecular weight excluding hydrogens is 230 g/mol. The van der Waals surface area contributed by atoms with E-state index in [1.54, 1.807) is 4.90 Å². The van der Waals surface area contributed by atoms with E-state index in [1.165, 1.54) is 0 Å². The number of hydrogen-bond acceptors (Lipinski definition) is 3. The Bertz CT molecular complexity index is 307. The number of ether oxygens (including phenoxy) is 1. The van der Waals surface area contributed by atoms with Crippen molar-refractivity contribution in [1.29, 1.82) is 0 Å². The van der Waals surface area contributed by atoms with Crippen molar-refractivity contribution in [3.63, 3.8) is 0 Å². The third-order valence-electron chi connectivity index (χ3n) is 3.40. The van der Waals surface area contributed by atoms with Crippen molar-refractivity contribution in [3.8, 4) is 0 Å². The SMILES string of the molecule is CC(C)[C@H]1CN(C(=O)OC(C)(C)C)CC[C@@H]1C=O. The smallest absolute Gasteiger partial charge is 0.410 e. The lowest BCUT2D eigenvalue weighted by atomic mass is 9.79. The molecule has 1 saturated heterocycles. The molecule has 0 aromatic rings. The first kappa shape index (κ1) is 15.0. The summed E-state index contributed by atoms with van der Waals surface area (Å²) in [4.78, 5) is 24.8. The number of rotatable bonds is 2. The maximum absolute atomic E-state index is 12.0. The maximum Gasteiger partial charge on any atom is 0.410 e. The zero-order chi connectivity index (χ0) is 13.9. The molecule has 1 fully saturated rings. The minimum Gasteiger partial charge on any atom is -0.444 e. The summed E-state index contributed by atoms with van der Waals surface area (Å²) in [6.07, 6.45) is 1.51. The average molecular weight is 255 g/mol. The zero-order valence-corrected chi connectivity index (χ0v) is 12.1. The number of carbonyl (C=O) groups excluding carboxylic acids is 2. The Morgan fingerprint density at radius 3 is 2.44 bits per heavy atom. The lowest BCUT2D eigenvalue weighted by Gasteiger charge is -2.38. The molecule has 0 N–H and O–H groups in total. The number of hydrogen-bond donors (Lipinski definition) is 0. The molecule has 0 aromatic carbocycles. The molecule has 0 spiro atoms. The van der Waals surface area contributed by atoms with Crippen LogP contribution >= 0.6 is 0 Å². The van der Waals surface area contributed by atoms with Crippen LogP contribution in [0.4, 0.5) is 4.79 Å². The molecule has 4 heteroatoms. The Kier molecular flexibility index (Phi) is 4.77. The van der Waals surface area contributed by atoms with Gasteiger partial charge in [-0.2, -0.15) is 0 Å². The first-order chi connectivity index (χ1) is 8.24. The summed E-state index contributed by atoms with van der Waals surface area (Å²) in [5.41, 5.74) is -0.466. The number of carbonyl (C=O) groups is 2. The molecule has 1 amide bonds. The van der Waals surface area contributed by atoms with Crippen LogP contribution in [0.2, 0.25) is 0 Å². The second-order valence-corrected chi connectivity index (χ2v) is 6.42. The number of amides is 1. The first-order valence-corrected chi connectivity index (χ1v) is 6.68. The predicted molar refractivity (Wildman–Crippen MR) is 70.3 cm³/mol. The van der Waals surface area contributed by atoms with E-state index >= 15 is 0 Å². The molecule has 18 heavy (non-hydrogen) atoms. The van der Waals surface area contributed by atoms with E-state index < -0.39 is 5.60 Å². The third kappa shape index (κ3) is 4.00. The van der Waals surface area contributed by atoms with Gasteiger partial charge in [-0.3, -0.25) is 0 Å². The summed E-state index contributed by atoms with van der Waals surface area (Å²) < 4.78 is 5.37. The predicted octanol–water partition coefficient (Wildman–Crippen LogP) is 2.71. The lowest BCUT2D eigenvalue weighted by Crippen LogP contribution is -2.47. The Labute approximate surface area is 110 Å². The van der Waals surface area contributed by atoms with Crippen LogP contribution in [0.3, 0.4) is 0 Å². The molecule has 0 saturated carbocycles. The Morgan fingerprint density at radius 1 is 1.39 bits per heavy atom. The molecule has 4 nitrogen and oxygen atoms in total. The normalized spacial score (nSPS) is 25.1. The number of likely N-dealkylation sites (tertiary alicyclic amines) is 1. The first-order valence-electron chi connectivity index (χ1n) is 6.68. The molecule has 0 unspecified atom stereocenters. The van der Waals surface area contributed by atoms with Gasteiger partial charge < -0.3 is 14.4 Å². The number of aldehydes is 1. The van der Waals surface area contributed by atoms with Crippen LogP contribution in [0.15, 0.2) is 0 Å². The Balaban J connectivity index is 2.65. The van der Waals surface area contributed by atoms with Gasteiger partial charge in [0.25, 0.3) is 0 Å². The minimum atomic E-state index is -0.466. The van der Waals surface area contributed by atoms with Crippen molar-refractivity contribution in [1.82, 2.24) is 4.90 Å². The Morgan fingerprint density at radius 2 is 2.00 bits per heavy atom. The summed E-state index contributed by atoms with van der Waals surface area (Å²) in [6, 6.07) is 0. The minimum absolute atomic E-state index is 0.0729. The van der Waals surface area contributed by atoms with Crippen LogP contribution in [0.1, 0.15) is 41.0 Å². The molecule has 1 aliphatic rings. The average Bonchev–Trinajstić information content (AvgIpc) is 2.25. The van der Waals surface area contributed by atoms with Crippen LogP contribution < -0.4 is 0 Å². The van der Waals surface area contributed by atoms with Gasteiger partial charge in [0.2, 0.25) is 0 Å². The van der Waals surface area contributed by atoms with Crippen LogP contribution in [0.25, 0.3) is 0 Å². The monoisotopic (exact) mass is 255 g/mol. The summed E-state index contributed by atoms with van der Waals surface area (Å²) >= 11 is 0. The van der Waals surface area contributed by atoms with Gasteiger partial charge in [-0.1, -0.05) is 13.8 Å². The van der Waals surface area contributed by atoms with Crippen molar-refractivity contribution in [2.45, 2.75) is 46.6 Å². The highest BCUT2D eigenvalue weighted by Crippen LogP contribution is 2.29. The quantitative estimate of drug-likeness (QED) is 0.713. The number of piperidine rings is 1. The van der Waals surface area contributed by atoms with E-state index in [1.807, 2.05) is 20.8 Å². The van der Waals surface area contributed by atoms with E-state index in [2.05, 4.69) is 13.8 Å². The fourth-order valence-corrected chi connectivity index (χ4v) is 2.37. The Hall–Kier alpha value is -1.06. The summed E-state index contributed by atoms with van der Waals surface area (Å²) in [5, 5.41) is 0. The lowest BCUT2D eigenvalue weighted by molar-refractivity contribution is -0.115. The molecule has 1 heterocycles. The fraction of sp³-hybridized carbons (Fsp3) is 0.857. The molecule has 0 bridgehead atoms. The van der Waals surface area contributed by atoms with E-state index in [4.69, 9.17) is 4.74 Å². The van der Waals surface area contributed by atoms with Gasteiger partial charge in [0.15, 0.2) is 0 Å². The number of nitrogens with zero attached hydrogens (tertiary/aromatic N) is 1. The zero-order valence-electron chi connectivity index (χ0n) is 12.1. The molecule has 1 rings (SSSR count).